The Morgan fingerprint density at radius 1 is 1.30 bits per heavy atom. The van der Waals surface area contributed by atoms with Crippen molar-refractivity contribution < 1.29 is 9.13 Å². The molecule has 4 nitrogen and oxygen atoms in total. The van der Waals surface area contributed by atoms with Crippen LogP contribution in [0.15, 0.2) is 30.7 Å². The average Bonchev–Trinajstić information content (AvgIpc) is 2.90. The zero-order chi connectivity index (χ0) is 14.4. The Hall–Kier alpha value is -1.88. The van der Waals surface area contributed by atoms with E-state index in [-0.39, 0.29) is 5.82 Å². The van der Waals surface area contributed by atoms with E-state index in [1.165, 1.54) is 12.1 Å². The molecule has 0 saturated heterocycles. The van der Waals surface area contributed by atoms with E-state index in [9.17, 15) is 4.39 Å². The molecule has 0 bridgehead atoms. The summed E-state index contributed by atoms with van der Waals surface area (Å²) in [5.74, 6) is 0.265. The second kappa shape index (κ2) is 7.05. The Kier molecular flexibility index (Phi) is 5.12. The predicted octanol–water partition coefficient (Wildman–Crippen LogP) is 2.73. The molecule has 0 aliphatic carbocycles. The molecule has 0 aliphatic heterocycles. The van der Waals surface area contributed by atoms with E-state index in [0.29, 0.717) is 18.9 Å². The molecule has 0 atom stereocenters. The van der Waals surface area contributed by atoms with Gasteiger partial charge in [0.1, 0.15) is 18.2 Å². The lowest BCUT2D eigenvalue weighted by Gasteiger charge is -2.10. The number of aryl methyl sites for hydroxylation is 1. The molecule has 1 heterocycles. The highest BCUT2D eigenvalue weighted by Crippen LogP contribution is 2.18. The monoisotopic (exact) mass is 277 g/mol. The van der Waals surface area contributed by atoms with Gasteiger partial charge in [0, 0.05) is 19.2 Å². The van der Waals surface area contributed by atoms with E-state index in [1.54, 1.807) is 12.5 Å². The van der Waals surface area contributed by atoms with Gasteiger partial charge in [-0.15, -0.1) is 0 Å². The summed E-state index contributed by atoms with van der Waals surface area (Å²) in [7, 11) is 0. The minimum atomic E-state index is -0.278. The van der Waals surface area contributed by atoms with E-state index in [2.05, 4.69) is 10.3 Å². The highest BCUT2D eigenvalue weighted by Gasteiger charge is 2.05. The van der Waals surface area contributed by atoms with E-state index in [1.807, 2.05) is 24.5 Å². The van der Waals surface area contributed by atoms with Gasteiger partial charge in [-0.25, -0.2) is 9.37 Å². The fourth-order valence-corrected chi connectivity index (χ4v) is 1.99. The molecule has 0 fully saturated rings. The van der Waals surface area contributed by atoms with Gasteiger partial charge < -0.3 is 14.6 Å². The number of nitrogens with one attached hydrogen (secondary N) is 1. The fourth-order valence-electron chi connectivity index (χ4n) is 1.99. The number of nitrogens with zero attached hydrogens (tertiary/aromatic N) is 2. The summed E-state index contributed by atoms with van der Waals surface area (Å²) in [6.07, 6.45) is 3.53. The van der Waals surface area contributed by atoms with Gasteiger partial charge in [-0.3, -0.25) is 0 Å². The van der Waals surface area contributed by atoms with Gasteiger partial charge in [0.2, 0.25) is 0 Å². The molecule has 0 spiro atoms. The van der Waals surface area contributed by atoms with Gasteiger partial charge >= 0.3 is 0 Å². The van der Waals surface area contributed by atoms with Gasteiger partial charge in [0.05, 0.1) is 18.2 Å². The first-order chi connectivity index (χ1) is 9.72. The van der Waals surface area contributed by atoms with Crippen LogP contribution in [0.1, 0.15) is 25.1 Å². The first-order valence-electron chi connectivity index (χ1n) is 6.85. The van der Waals surface area contributed by atoms with Crippen LogP contribution in [0.5, 0.6) is 5.75 Å². The van der Waals surface area contributed by atoms with Crippen LogP contribution in [0.2, 0.25) is 0 Å². The van der Waals surface area contributed by atoms with E-state index < -0.39 is 0 Å². The van der Waals surface area contributed by atoms with Crippen molar-refractivity contribution in [3.63, 3.8) is 0 Å². The molecule has 0 amide bonds. The standard InChI is InChI=1S/C15H20FN3O/c1-3-17-8-12-5-13(16)7-15(6-12)20-10-14-9-18-11-19(14)4-2/h5-7,9,11,17H,3-4,8,10H2,1-2H3. The van der Waals surface area contributed by atoms with Crippen LogP contribution in [-0.4, -0.2) is 16.1 Å². The molecule has 2 aromatic rings. The summed E-state index contributed by atoms with van der Waals surface area (Å²) >= 11 is 0. The summed E-state index contributed by atoms with van der Waals surface area (Å²) in [6.45, 7) is 6.77. The Balaban J connectivity index is 2.03. The van der Waals surface area contributed by atoms with E-state index >= 15 is 0 Å². The summed E-state index contributed by atoms with van der Waals surface area (Å²) in [6, 6.07) is 4.78. The third-order valence-corrected chi connectivity index (χ3v) is 3.04. The third kappa shape index (κ3) is 3.81. The number of aromatic nitrogens is 2. The van der Waals surface area contributed by atoms with Crippen molar-refractivity contribution in [3.8, 4) is 5.75 Å². The number of rotatable bonds is 7. The zero-order valence-corrected chi connectivity index (χ0v) is 11.9. The molecule has 1 N–H and O–H groups in total. The molecule has 0 radical (unpaired) electrons. The smallest absolute Gasteiger partial charge is 0.130 e. The Labute approximate surface area is 118 Å². The van der Waals surface area contributed by atoms with Gasteiger partial charge in [0.25, 0.3) is 0 Å². The van der Waals surface area contributed by atoms with Gasteiger partial charge in [-0.2, -0.15) is 0 Å². The van der Waals surface area contributed by atoms with Crippen LogP contribution in [-0.2, 0) is 19.7 Å². The highest BCUT2D eigenvalue weighted by molar-refractivity contribution is 5.29. The van der Waals surface area contributed by atoms with Crippen LogP contribution in [0.4, 0.5) is 4.39 Å². The average molecular weight is 277 g/mol. The van der Waals surface area contributed by atoms with Crippen LogP contribution in [0.25, 0.3) is 0 Å². The summed E-state index contributed by atoms with van der Waals surface area (Å²) < 4.78 is 21.2. The number of hydrogen-bond acceptors (Lipinski definition) is 3. The van der Waals surface area contributed by atoms with Crippen molar-refractivity contribution in [1.82, 2.24) is 14.9 Å². The summed E-state index contributed by atoms with van der Waals surface area (Å²) in [5, 5.41) is 3.17. The van der Waals surface area contributed by atoms with E-state index in [0.717, 1.165) is 24.3 Å². The maximum atomic E-state index is 13.5. The van der Waals surface area contributed by atoms with Gasteiger partial charge in [-0.05, 0) is 31.2 Å². The van der Waals surface area contributed by atoms with Crippen molar-refractivity contribution in [2.45, 2.75) is 33.5 Å². The third-order valence-electron chi connectivity index (χ3n) is 3.04. The lowest BCUT2D eigenvalue weighted by molar-refractivity contribution is 0.293. The van der Waals surface area contributed by atoms with E-state index in [4.69, 9.17) is 4.74 Å². The van der Waals surface area contributed by atoms with Crippen LogP contribution < -0.4 is 10.1 Å². The van der Waals surface area contributed by atoms with Crippen molar-refractivity contribution in [3.05, 3.63) is 47.8 Å². The molecule has 0 aliphatic rings. The summed E-state index contributed by atoms with van der Waals surface area (Å²) in [4.78, 5) is 4.08. The minimum Gasteiger partial charge on any atom is -0.487 e. The predicted molar refractivity (Wildman–Crippen MR) is 76.0 cm³/mol. The van der Waals surface area contributed by atoms with Crippen molar-refractivity contribution in [1.29, 1.82) is 0 Å². The molecule has 1 aromatic carbocycles. The number of halogens is 1. The number of imidazole rings is 1. The second-order valence-corrected chi connectivity index (χ2v) is 4.54. The first kappa shape index (κ1) is 14.5. The molecule has 0 unspecified atom stereocenters. The second-order valence-electron chi connectivity index (χ2n) is 4.54. The number of benzene rings is 1. The molecular weight excluding hydrogens is 257 g/mol. The van der Waals surface area contributed by atoms with Crippen molar-refractivity contribution in [2.75, 3.05) is 6.54 Å². The lowest BCUT2D eigenvalue weighted by atomic mass is 10.2. The van der Waals surface area contributed by atoms with Gasteiger partial charge in [-0.1, -0.05) is 6.92 Å². The first-order valence-corrected chi connectivity index (χ1v) is 6.85. The molecule has 108 valence electrons. The Bertz CT molecular complexity index is 554. The lowest BCUT2D eigenvalue weighted by Crippen LogP contribution is -2.12. The van der Waals surface area contributed by atoms with Crippen LogP contribution in [0.3, 0.4) is 0 Å². The maximum Gasteiger partial charge on any atom is 0.130 e. The topological polar surface area (TPSA) is 39.1 Å². The van der Waals surface area contributed by atoms with Crippen molar-refractivity contribution >= 4 is 0 Å². The molecule has 2 rings (SSSR count). The highest BCUT2D eigenvalue weighted by atomic mass is 19.1. The maximum absolute atomic E-state index is 13.5. The molecule has 20 heavy (non-hydrogen) atoms. The quantitative estimate of drug-likeness (QED) is 0.846. The number of hydrogen-bond donors (Lipinski definition) is 1. The largest absolute Gasteiger partial charge is 0.487 e. The minimum absolute atomic E-state index is 0.278. The van der Waals surface area contributed by atoms with Gasteiger partial charge in [0.15, 0.2) is 0 Å². The van der Waals surface area contributed by atoms with Crippen LogP contribution >= 0.6 is 0 Å². The normalized spacial score (nSPS) is 10.8. The Morgan fingerprint density at radius 3 is 2.90 bits per heavy atom. The summed E-state index contributed by atoms with van der Waals surface area (Å²) in [5.41, 5.74) is 1.86. The zero-order valence-electron chi connectivity index (χ0n) is 11.9. The fraction of sp³-hybridized carbons (Fsp3) is 0.400. The Morgan fingerprint density at radius 2 is 2.15 bits per heavy atom. The molecular formula is C15H20FN3O. The molecule has 1 aromatic heterocycles. The molecule has 5 heteroatoms. The molecule has 0 saturated carbocycles. The van der Waals surface area contributed by atoms with Crippen molar-refractivity contribution in [2.24, 2.45) is 0 Å². The number of ether oxygens (including phenoxy) is 1. The SMILES string of the molecule is CCNCc1cc(F)cc(OCc2cncn2CC)c1. The van der Waals surface area contributed by atoms with Crippen LogP contribution in [0, 0.1) is 5.82 Å².